The molecule has 1 heteroatoms. The molecular formula is C68H45N. The first-order chi connectivity index (χ1) is 34.2. The molecule has 0 amide bonds. The highest BCUT2D eigenvalue weighted by molar-refractivity contribution is 6.22. The van der Waals surface area contributed by atoms with E-state index in [1.807, 2.05) is 0 Å². The first-order valence-electron chi connectivity index (χ1n) is 23.8. The maximum atomic E-state index is 2.42. The summed E-state index contributed by atoms with van der Waals surface area (Å²) in [6.07, 6.45) is 0. The van der Waals surface area contributed by atoms with E-state index in [0.29, 0.717) is 0 Å². The van der Waals surface area contributed by atoms with Crippen LogP contribution in [0.1, 0.15) is 0 Å². The maximum Gasteiger partial charge on any atom is 0.0467 e. The zero-order valence-electron chi connectivity index (χ0n) is 37.9. The average Bonchev–Trinajstić information content (AvgIpc) is 3.43. The van der Waals surface area contributed by atoms with Gasteiger partial charge < -0.3 is 4.90 Å². The first kappa shape index (κ1) is 40.3. The summed E-state index contributed by atoms with van der Waals surface area (Å²) in [5.74, 6) is 0. The van der Waals surface area contributed by atoms with Gasteiger partial charge in [-0.3, -0.25) is 0 Å². The number of hydrogen-bond donors (Lipinski definition) is 0. The lowest BCUT2D eigenvalue weighted by atomic mass is 9.84. The molecule has 0 aliphatic rings. The second-order valence-electron chi connectivity index (χ2n) is 18.0. The molecule has 0 aromatic heterocycles. The summed E-state index contributed by atoms with van der Waals surface area (Å²) in [4.78, 5) is 2.41. The van der Waals surface area contributed by atoms with Crippen LogP contribution in [0.4, 0.5) is 17.1 Å². The largest absolute Gasteiger partial charge is 0.310 e. The highest BCUT2D eigenvalue weighted by atomic mass is 15.1. The fraction of sp³-hybridized carbons (Fsp3) is 0. The number of hydrogen-bond acceptors (Lipinski definition) is 1. The van der Waals surface area contributed by atoms with Crippen molar-refractivity contribution in [2.24, 2.45) is 0 Å². The van der Waals surface area contributed by atoms with E-state index >= 15 is 0 Å². The summed E-state index contributed by atoms with van der Waals surface area (Å²) < 4.78 is 0. The molecule has 1 nitrogen and oxygen atoms in total. The number of rotatable bonds is 8. The predicted octanol–water partition coefficient (Wildman–Crippen LogP) is 19.3. The van der Waals surface area contributed by atoms with Crippen molar-refractivity contribution in [2.75, 3.05) is 4.90 Å². The molecule has 13 aromatic carbocycles. The van der Waals surface area contributed by atoms with Crippen LogP contribution in [0.25, 0.3) is 109 Å². The van der Waals surface area contributed by atoms with Gasteiger partial charge in [-0.2, -0.15) is 0 Å². The molecular weight excluding hydrogens is 831 g/mol. The lowest BCUT2D eigenvalue weighted by Crippen LogP contribution is -2.10. The van der Waals surface area contributed by atoms with Crippen molar-refractivity contribution in [2.45, 2.75) is 0 Å². The van der Waals surface area contributed by atoms with Gasteiger partial charge in [0, 0.05) is 17.1 Å². The molecule has 0 unspecified atom stereocenters. The Morgan fingerprint density at radius 2 is 0.623 bits per heavy atom. The third kappa shape index (κ3) is 7.12. The van der Waals surface area contributed by atoms with Gasteiger partial charge in [0.1, 0.15) is 0 Å². The smallest absolute Gasteiger partial charge is 0.0467 e. The highest BCUT2D eigenvalue weighted by Gasteiger charge is 2.20. The predicted molar refractivity (Wildman–Crippen MR) is 296 cm³/mol. The zero-order chi connectivity index (χ0) is 45.7. The van der Waals surface area contributed by atoms with Gasteiger partial charge in [-0.15, -0.1) is 0 Å². The van der Waals surface area contributed by atoms with Gasteiger partial charge in [-0.1, -0.05) is 231 Å². The van der Waals surface area contributed by atoms with E-state index in [4.69, 9.17) is 0 Å². The van der Waals surface area contributed by atoms with E-state index in [1.165, 1.54) is 104 Å². The molecule has 322 valence electrons. The van der Waals surface area contributed by atoms with Crippen LogP contribution in [0.15, 0.2) is 273 Å². The van der Waals surface area contributed by atoms with E-state index < -0.39 is 0 Å². The Morgan fingerprint density at radius 1 is 0.188 bits per heavy atom. The Morgan fingerprint density at radius 3 is 1.35 bits per heavy atom. The summed E-state index contributed by atoms with van der Waals surface area (Å²) in [7, 11) is 0. The molecule has 0 radical (unpaired) electrons. The molecule has 0 aliphatic carbocycles. The fourth-order valence-electron chi connectivity index (χ4n) is 10.8. The molecule has 0 spiro atoms. The Bertz CT molecular complexity index is 4050. The molecule has 0 N–H and O–H groups in total. The van der Waals surface area contributed by atoms with Gasteiger partial charge in [0.15, 0.2) is 0 Å². The van der Waals surface area contributed by atoms with Crippen LogP contribution in [0.5, 0.6) is 0 Å². The Balaban J connectivity index is 0.981. The maximum absolute atomic E-state index is 2.42. The normalized spacial score (nSPS) is 11.5. The van der Waals surface area contributed by atoms with E-state index in [-0.39, 0.29) is 0 Å². The average molecular weight is 876 g/mol. The quantitative estimate of drug-likeness (QED) is 0.138. The Kier molecular flexibility index (Phi) is 9.91. The molecule has 0 bridgehead atoms. The minimum atomic E-state index is 1.08. The second-order valence-corrected chi connectivity index (χ2v) is 18.0. The number of fused-ring (bicyclic) bond motifs is 7. The number of anilines is 3. The summed E-state index contributed by atoms with van der Waals surface area (Å²) in [5, 5.41) is 12.5. The van der Waals surface area contributed by atoms with Gasteiger partial charge in [-0.05, 0) is 152 Å². The fourth-order valence-corrected chi connectivity index (χ4v) is 10.8. The molecule has 0 saturated carbocycles. The van der Waals surface area contributed by atoms with Crippen molar-refractivity contribution >= 4 is 70.9 Å². The van der Waals surface area contributed by atoms with Crippen LogP contribution in [-0.4, -0.2) is 0 Å². The van der Waals surface area contributed by atoms with Crippen molar-refractivity contribution in [3.8, 4) is 55.6 Å². The second kappa shape index (κ2) is 17.0. The lowest BCUT2D eigenvalue weighted by Gasteiger charge is -2.27. The first-order valence-corrected chi connectivity index (χ1v) is 23.8. The summed E-state index contributed by atoms with van der Waals surface area (Å²) in [6.45, 7) is 0. The van der Waals surface area contributed by atoms with Crippen molar-refractivity contribution in [1.82, 2.24) is 0 Å². The van der Waals surface area contributed by atoms with Crippen LogP contribution in [-0.2, 0) is 0 Å². The van der Waals surface area contributed by atoms with Gasteiger partial charge in [-0.25, -0.2) is 0 Å². The standard InChI is InChI=1S/C68H45N/c1-3-19-49(20-4-1)67-65-31-12-11-30-62(65)64-42-38-52(45-66(64)68(67)50-21-5-2-6-22-50)51-24-13-26-55(43-51)69(56-27-14-25-53(44-56)60-32-15-23-46-17-7-9-28-57(46)60)54-39-35-48(36-40-54)59-33-16-34-61-58-29-10-8-18-47(58)37-41-63(59)61/h1-45H. The molecule has 0 saturated heterocycles. The van der Waals surface area contributed by atoms with Crippen molar-refractivity contribution in [3.05, 3.63) is 273 Å². The van der Waals surface area contributed by atoms with Crippen LogP contribution in [0, 0.1) is 0 Å². The molecule has 13 aromatic rings. The Labute approximate surface area is 402 Å². The molecule has 0 fully saturated rings. The van der Waals surface area contributed by atoms with Crippen LogP contribution >= 0.6 is 0 Å². The molecule has 0 atom stereocenters. The van der Waals surface area contributed by atoms with Gasteiger partial charge in [0.2, 0.25) is 0 Å². The van der Waals surface area contributed by atoms with Crippen LogP contribution < -0.4 is 4.90 Å². The minimum absolute atomic E-state index is 1.08. The number of nitrogens with zero attached hydrogens (tertiary/aromatic N) is 1. The van der Waals surface area contributed by atoms with Crippen molar-refractivity contribution < 1.29 is 0 Å². The third-order valence-corrected chi connectivity index (χ3v) is 14.0. The SMILES string of the molecule is c1ccc(-c2c(-c3ccccc3)c3cc(-c4cccc(N(c5ccc(-c6cccc7c6ccc6ccccc67)cc5)c5cccc(-c6cccc7ccccc67)c5)c4)ccc3c3ccccc23)cc1. The lowest BCUT2D eigenvalue weighted by molar-refractivity contribution is 1.28. The monoisotopic (exact) mass is 875 g/mol. The minimum Gasteiger partial charge on any atom is -0.310 e. The van der Waals surface area contributed by atoms with Crippen LogP contribution in [0.2, 0.25) is 0 Å². The zero-order valence-corrected chi connectivity index (χ0v) is 37.9. The van der Waals surface area contributed by atoms with E-state index in [2.05, 4.69) is 278 Å². The van der Waals surface area contributed by atoms with E-state index in [9.17, 15) is 0 Å². The highest BCUT2D eigenvalue weighted by Crippen LogP contribution is 2.47. The van der Waals surface area contributed by atoms with E-state index in [0.717, 1.165) is 22.6 Å². The Hall–Kier alpha value is -9.04. The molecule has 69 heavy (non-hydrogen) atoms. The summed E-state index contributed by atoms with van der Waals surface area (Å²) in [5.41, 5.74) is 15.3. The molecule has 0 aliphatic heterocycles. The van der Waals surface area contributed by atoms with Gasteiger partial charge in [0.25, 0.3) is 0 Å². The van der Waals surface area contributed by atoms with Crippen LogP contribution in [0.3, 0.4) is 0 Å². The molecule has 13 rings (SSSR count). The van der Waals surface area contributed by atoms with E-state index in [1.54, 1.807) is 0 Å². The van der Waals surface area contributed by atoms with Gasteiger partial charge in [0.05, 0.1) is 0 Å². The summed E-state index contributed by atoms with van der Waals surface area (Å²) in [6, 6.07) is 100. The van der Waals surface area contributed by atoms with Crippen molar-refractivity contribution in [1.29, 1.82) is 0 Å². The van der Waals surface area contributed by atoms with Crippen molar-refractivity contribution in [3.63, 3.8) is 0 Å². The topological polar surface area (TPSA) is 3.24 Å². The summed E-state index contributed by atoms with van der Waals surface area (Å²) >= 11 is 0. The number of benzene rings is 13. The van der Waals surface area contributed by atoms with Gasteiger partial charge >= 0.3 is 0 Å². The third-order valence-electron chi connectivity index (χ3n) is 14.0. The molecule has 0 heterocycles.